The van der Waals surface area contributed by atoms with Crippen molar-refractivity contribution in [1.82, 2.24) is 4.57 Å². The molecule has 1 spiro atoms. The van der Waals surface area contributed by atoms with Crippen LogP contribution in [0.25, 0.3) is 49.4 Å². The molecule has 8 aromatic rings. The third-order valence-corrected chi connectivity index (χ3v) is 10.8. The molecule has 0 atom stereocenters. The van der Waals surface area contributed by atoms with Crippen molar-refractivity contribution in [3.8, 4) is 16.8 Å². The van der Waals surface area contributed by atoms with Gasteiger partial charge in [0.25, 0.3) is 0 Å². The van der Waals surface area contributed by atoms with Crippen LogP contribution in [-0.2, 0) is 5.41 Å². The summed E-state index contributed by atoms with van der Waals surface area (Å²) in [7, 11) is 0. The minimum atomic E-state index is -0.390. The van der Waals surface area contributed by atoms with E-state index < -0.39 is 5.41 Å². The molecular weight excluding hydrogens is 539 g/mol. The molecule has 0 unspecified atom stereocenters. The topological polar surface area (TPSA) is 4.93 Å². The lowest BCUT2D eigenvalue weighted by Gasteiger charge is -2.39. The Morgan fingerprint density at radius 1 is 0.442 bits per heavy atom. The van der Waals surface area contributed by atoms with Gasteiger partial charge in [0.1, 0.15) is 0 Å². The maximum atomic E-state index is 2.52. The number of fused-ring (bicyclic) bond motifs is 14. The highest BCUT2D eigenvalue weighted by Crippen LogP contribution is 2.62. The molecule has 0 fully saturated rings. The molecule has 7 aromatic carbocycles. The first kappa shape index (κ1) is 23.5. The number of benzene rings is 7. The van der Waals surface area contributed by atoms with E-state index in [2.05, 4.69) is 156 Å². The first-order chi connectivity index (χ1) is 21.3. The van der Waals surface area contributed by atoms with Crippen LogP contribution in [0.2, 0.25) is 0 Å². The van der Waals surface area contributed by atoms with Crippen molar-refractivity contribution in [2.75, 3.05) is 0 Å². The molecule has 1 aliphatic heterocycles. The smallest absolute Gasteiger partial charge is 0.0736 e. The fourth-order valence-corrected chi connectivity index (χ4v) is 9.18. The summed E-state index contributed by atoms with van der Waals surface area (Å²) in [5.74, 6) is 0. The fourth-order valence-electron chi connectivity index (χ4n) is 7.99. The minimum absolute atomic E-state index is 0.390. The standard InChI is InChI=1S/C41H25NS/c1-2-13-27(14-3-1)42-36-23-22-26-12-4-5-15-28(26)40(36)31-24-30-29-16-6-7-17-32(29)41(35(30)25-37(31)42)33-18-8-10-20-38(33)43-39-21-11-9-19-34(39)41/h1-25H. The summed E-state index contributed by atoms with van der Waals surface area (Å²) in [5.41, 5.74) is 11.4. The summed E-state index contributed by atoms with van der Waals surface area (Å²) in [6.45, 7) is 0. The highest BCUT2D eigenvalue weighted by Gasteiger charge is 2.50. The molecule has 0 amide bonds. The van der Waals surface area contributed by atoms with E-state index in [4.69, 9.17) is 0 Å². The van der Waals surface area contributed by atoms with Crippen LogP contribution in [0, 0.1) is 0 Å². The van der Waals surface area contributed by atoms with Gasteiger partial charge in [0.2, 0.25) is 0 Å². The maximum Gasteiger partial charge on any atom is 0.0736 e. The molecule has 10 rings (SSSR count). The molecule has 2 heteroatoms. The van der Waals surface area contributed by atoms with E-state index in [-0.39, 0.29) is 0 Å². The monoisotopic (exact) mass is 563 g/mol. The first-order valence-corrected chi connectivity index (χ1v) is 15.7. The lowest BCUT2D eigenvalue weighted by molar-refractivity contribution is 0.723. The average Bonchev–Trinajstić information content (AvgIpc) is 3.55. The van der Waals surface area contributed by atoms with Crippen LogP contribution in [0.5, 0.6) is 0 Å². The number of hydrogen-bond acceptors (Lipinski definition) is 1. The Balaban J connectivity index is 1.44. The highest BCUT2D eigenvalue weighted by atomic mass is 32.2. The minimum Gasteiger partial charge on any atom is -0.309 e. The fraction of sp³-hybridized carbons (Fsp3) is 0.0244. The normalized spacial score (nSPS) is 14.1. The average molecular weight is 564 g/mol. The molecule has 2 heterocycles. The predicted molar refractivity (Wildman–Crippen MR) is 180 cm³/mol. The van der Waals surface area contributed by atoms with Crippen molar-refractivity contribution in [3.05, 3.63) is 174 Å². The van der Waals surface area contributed by atoms with Crippen molar-refractivity contribution in [1.29, 1.82) is 0 Å². The third kappa shape index (κ3) is 2.94. The number of nitrogens with zero attached hydrogens (tertiary/aromatic N) is 1. The lowest BCUT2D eigenvalue weighted by atomic mass is 9.67. The van der Waals surface area contributed by atoms with Crippen LogP contribution in [0.4, 0.5) is 0 Å². The van der Waals surface area contributed by atoms with E-state index >= 15 is 0 Å². The molecular formula is C41H25NS. The quantitative estimate of drug-likeness (QED) is 0.192. The van der Waals surface area contributed by atoms with Gasteiger partial charge in [0, 0.05) is 26.3 Å². The van der Waals surface area contributed by atoms with Gasteiger partial charge in [-0.05, 0) is 86.6 Å². The van der Waals surface area contributed by atoms with Crippen LogP contribution in [-0.4, -0.2) is 4.57 Å². The summed E-state index contributed by atoms with van der Waals surface area (Å²) in [5, 5.41) is 5.18. The van der Waals surface area contributed by atoms with E-state index in [0.29, 0.717) is 0 Å². The summed E-state index contributed by atoms with van der Waals surface area (Å²) >= 11 is 1.90. The molecule has 43 heavy (non-hydrogen) atoms. The number of aromatic nitrogens is 1. The summed E-state index contributed by atoms with van der Waals surface area (Å²) in [6, 6.07) is 56.4. The Morgan fingerprint density at radius 2 is 1.09 bits per heavy atom. The first-order valence-electron chi connectivity index (χ1n) is 14.9. The Kier molecular flexibility index (Phi) is 4.65. The number of rotatable bonds is 1. The van der Waals surface area contributed by atoms with Gasteiger partial charge >= 0.3 is 0 Å². The molecule has 1 aromatic heterocycles. The Labute approximate surface area is 254 Å². The lowest BCUT2D eigenvalue weighted by Crippen LogP contribution is -2.31. The molecule has 2 aliphatic rings. The van der Waals surface area contributed by atoms with E-state index in [1.807, 2.05) is 11.8 Å². The van der Waals surface area contributed by atoms with E-state index in [1.54, 1.807) is 0 Å². The molecule has 0 saturated carbocycles. The molecule has 0 saturated heterocycles. The van der Waals surface area contributed by atoms with Gasteiger partial charge in [-0.3, -0.25) is 0 Å². The zero-order valence-corrected chi connectivity index (χ0v) is 24.1. The predicted octanol–water partition coefficient (Wildman–Crippen LogP) is 10.8. The van der Waals surface area contributed by atoms with E-state index in [1.165, 1.54) is 81.4 Å². The third-order valence-electron chi connectivity index (χ3n) is 9.64. The van der Waals surface area contributed by atoms with Gasteiger partial charge in [0.05, 0.1) is 16.4 Å². The van der Waals surface area contributed by atoms with E-state index in [0.717, 1.165) is 0 Å². The summed E-state index contributed by atoms with van der Waals surface area (Å²) in [6.07, 6.45) is 0. The molecule has 0 N–H and O–H groups in total. The van der Waals surface area contributed by atoms with Gasteiger partial charge < -0.3 is 4.57 Å². The highest BCUT2D eigenvalue weighted by molar-refractivity contribution is 7.99. The Morgan fingerprint density at radius 3 is 1.88 bits per heavy atom. The van der Waals surface area contributed by atoms with Gasteiger partial charge in [-0.15, -0.1) is 0 Å². The maximum absolute atomic E-state index is 2.52. The molecule has 1 nitrogen and oxygen atoms in total. The van der Waals surface area contributed by atoms with Gasteiger partial charge in [0.15, 0.2) is 0 Å². The van der Waals surface area contributed by atoms with Crippen LogP contribution >= 0.6 is 11.8 Å². The SMILES string of the molecule is c1ccc(-n2c3cc4c(cc3c3c5ccccc5ccc32)-c2ccccc2C42c3ccccc3Sc3ccccc32)cc1. The van der Waals surface area contributed by atoms with Crippen LogP contribution in [0.1, 0.15) is 22.3 Å². The number of hydrogen-bond donors (Lipinski definition) is 0. The summed E-state index contributed by atoms with van der Waals surface area (Å²) < 4.78 is 2.48. The second-order valence-electron chi connectivity index (χ2n) is 11.7. The van der Waals surface area contributed by atoms with Gasteiger partial charge in [-0.1, -0.05) is 121 Å². The largest absolute Gasteiger partial charge is 0.309 e. The molecule has 0 bridgehead atoms. The van der Waals surface area contributed by atoms with E-state index in [9.17, 15) is 0 Å². The van der Waals surface area contributed by atoms with Crippen molar-refractivity contribution in [2.45, 2.75) is 15.2 Å². The van der Waals surface area contributed by atoms with Crippen molar-refractivity contribution in [3.63, 3.8) is 0 Å². The van der Waals surface area contributed by atoms with Crippen molar-refractivity contribution < 1.29 is 0 Å². The Bertz CT molecular complexity index is 2390. The van der Waals surface area contributed by atoms with Crippen molar-refractivity contribution >= 4 is 44.3 Å². The number of para-hydroxylation sites is 1. The zero-order chi connectivity index (χ0) is 28.1. The second kappa shape index (κ2) is 8.50. The van der Waals surface area contributed by atoms with Crippen LogP contribution < -0.4 is 0 Å². The van der Waals surface area contributed by atoms with Crippen LogP contribution in [0.15, 0.2) is 161 Å². The molecule has 0 radical (unpaired) electrons. The molecule has 1 aliphatic carbocycles. The van der Waals surface area contributed by atoms with Gasteiger partial charge in [-0.2, -0.15) is 0 Å². The zero-order valence-electron chi connectivity index (χ0n) is 23.3. The Hall–Kier alpha value is -5.05. The van der Waals surface area contributed by atoms with Crippen molar-refractivity contribution in [2.24, 2.45) is 0 Å². The second-order valence-corrected chi connectivity index (χ2v) is 12.7. The van der Waals surface area contributed by atoms with Crippen LogP contribution in [0.3, 0.4) is 0 Å². The van der Waals surface area contributed by atoms with Gasteiger partial charge in [-0.25, -0.2) is 0 Å². The summed E-state index contributed by atoms with van der Waals surface area (Å²) in [4.78, 5) is 2.66. The molecule has 200 valence electrons.